The van der Waals surface area contributed by atoms with Gasteiger partial charge in [0.1, 0.15) is 0 Å². The molecule has 1 N–H and O–H groups in total. The minimum absolute atomic E-state index is 0.973. The Morgan fingerprint density at radius 3 is 2.92 bits per heavy atom. The highest BCUT2D eigenvalue weighted by molar-refractivity contribution is 9.10. The Morgan fingerprint density at radius 1 is 1.69 bits per heavy atom. The quantitative estimate of drug-likeness (QED) is 0.873. The van der Waals surface area contributed by atoms with Gasteiger partial charge >= 0.3 is 0 Å². The Balaban J connectivity index is 2.78. The molecule has 72 valence electrons. The fourth-order valence-electron chi connectivity index (χ4n) is 1.10. The van der Waals surface area contributed by atoms with Gasteiger partial charge in [0.15, 0.2) is 0 Å². The number of nitrogens with one attached hydrogen (secondary N) is 1. The van der Waals surface area contributed by atoms with Crippen molar-refractivity contribution in [1.82, 2.24) is 5.32 Å². The minimum atomic E-state index is 0.973. The molecule has 0 spiro atoms. The van der Waals surface area contributed by atoms with Crippen LogP contribution in [0.5, 0.6) is 0 Å². The van der Waals surface area contributed by atoms with E-state index in [1.807, 2.05) is 7.05 Å². The zero-order chi connectivity index (χ0) is 9.68. The van der Waals surface area contributed by atoms with E-state index in [1.54, 1.807) is 11.3 Å². The SMILES string of the molecule is CC/C(=C/c1sccc1Br)CNC. The summed E-state index contributed by atoms with van der Waals surface area (Å²) in [6.07, 6.45) is 3.36. The maximum atomic E-state index is 3.52. The molecule has 0 aliphatic rings. The van der Waals surface area contributed by atoms with Gasteiger partial charge in [0.2, 0.25) is 0 Å². The molecule has 0 aliphatic heterocycles. The van der Waals surface area contributed by atoms with Crippen LogP contribution in [0.3, 0.4) is 0 Å². The third kappa shape index (κ3) is 3.25. The Kier molecular flexibility index (Phi) is 4.70. The fourth-order valence-corrected chi connectivity index (χ4v) is 2.57. The second kappa shape index (κ2) is 5.58. The van der Waals surface area contributed by atoms with Crippen molar-refractivity contribution in [3.8, 4) is 0 Å². The molecule has 1 heterocycles. The predicted octanol–water partition coefficient (Wildman–Crippen LogP) is 3.52. The van der Waals surface area contributed by atoms with Crippen LogP contribution in [0, 0.1) is 0 Å². The van der Waals surface area contributed by atoms with Crippen molar-refractivity contribution in [2.24, 2.45) is 0 Å². The molecule has 3 heteroatoms. The van der Waals surface area contributed by atoms with Crippen LogP contribution in [0.25, 0.3) is 6.08 Å². The minimum Gasteiger partial charge on any atom is -0.316 e. The van der Waals surface area contributed by atoms with Crippen molar-refractivity contribution in [3.05, 3.63) is 26.4 Å². The number of hydrogen-bond donors (Lipinski definition) is 1. The largest absolute Gasteiger partial charge is 0.316 e. The number of rotatable bonds is 4. The Hall–Kier alpha value is -0.120. The number of hydrogen-bond acceptors (Lipinski definition) is 2. The van der Waals surface area contributed by atoms with Gasteiger partial charge in [-0.3, -0.25) is 0 Å². The zero-order valence-electron chi connectivity index (χ0n) is 7.93. The predicted molar refractivity (Wildman–Crippen MR) is 64.2 cm³/mol. The molecule has 0 saturated carbocycles. The van der Waals surface area contributed by atoms with Gasteiger partial charge in [-0.05, 0) is 46.9 Å². The van der Waals surface area contributed by atoms with Crippen molar-refractivity contribution >= 4 is 33.3 Å². The van der Waals surface area contributed by atoms with Gasteiger partial charge in [-0.2, -0.15) is 0 Å². The first-order valence-corrected chi connectivity index (χ1v) is 6.02. The Bertz CT molecular complexity index is 291. The molecule has 13 heavy (non-hydrogen) atoms. The molecule has 0 saturated heterocycles. The van der Waals surface area contributed by atoms with Crippen LogP contribution in [-0.4, -0.2) is 13.6 Å². The van der Waals surface area contributed by atoms with Crippen molar-refractivity contribution < 1.29 is 0 Å². The fraction of sp³-hybridized carbons (Fsp3) is 0.400. The third-order valence-electron chi connectivity index (χ3n) is 1.84. The maximum Gasteiger partial charge on any atom is 0.0412 e. The maximum absolute atomic E-state index is 3.52. The standard InChI is InChI=1S/C10H14BrNS/c1-3-8(7-12-2)6-10-9(11)4-5-13-10/h4-6,12H,3,7H2,1-2H3/b8-6-. The summed E-state index contributed by atoms with van der Waals surface area (Å²) in [5.41, 5.74) is 1.44. The third-order valence-corrected chi connectivity index (χ3v) is 3.66. The van der Waals surface area contributed by atoms with Gasteiger partial charge in [0, 0.05) is 15.9 Å². The van der Waals surface area contributed by atoms with Crippen LogP contribution in [0.2, 0.25) is 0 Å². The normalized spacial score (nSPS) is 12.1. The van der Waals surface area contributed by atoms with Crippen molar-refractivity contribution in [3.63, 3.8) is 0 Å². The molecule has 1 aromatic rings. The highest BCUT2D eigenvalue weighted by Crippen LogP contribution is 2.25. The molecule has 1 rings (SSSR count). The number of likely N-dealkylation sites (N-methyl/N-ethyl adjacent to an activating group) is 1. The van der Waals surface area contributed by atoms with E-state index in [1.165, 1.54) is 14.9 Å². The van der Waals surface area contributed by atoms with E-state index in [4.69, 9.17) is 0 Å². The van der Waals surface area contributed by atoms with E-state index in [0.717, 1.165) is 13.0 Å². The molecule has 0 bridgehead atoms. The van der Waals surface area contributed by atoms with E-state index in [0.29, 0.717) is 0 Å². The van der Waals surface area contributed by atoms with E-state index < -0.39 is 0 Å². The summed E-state index contributed by atoms with van der Waals surface area (Å²) < 4.78 is 1.19. The summed E-state index contributed by atoms with van der Waals surface area (Å²) in [5.74, 6) is 0. The van der Waals surface area contributed by atoms with E-state index in [9.17, 15) is 0 Å². The lowest BCUT2D eigenvalue weighted by atomic mass is 10.2. The molecule has 0 fully saturated rings. The van der Waals surface area contributed by atoms with Crippen LogP contribution in [-0.2, 0) is 0 Å². The summed E-state index contributed by atoms with van der Waals surface area (Å²) in [6.45, 7) is 3.16. The van der Waals surface area contributed by atoms with Gasteiger partial charge in [-0.25, -0.2) is 0 Å². The molecule has 0 aliphatic carbocycles. The lowest BCUT2D eigenvalue weighted by Gasteiger charge is -2.02. The monoisotopic (exact) mass is 259 g/mol. The van der Waals surface area contributed by atoms with Crippen molar-refractivity contribution in [2.45, 2.75) is 13.3 Å². The van der Waals surface area contributed by atoms with Crippen molar-refractivity contribution in [1.29, 1.82) is 0 Å². The van der Waals surface area contributed by atoms with Crippen molar-refractivity contribution in [2.75, 3.05) is 13.6 Å². The molecule has 1 aromatic heterocycles. The second-order valence-electron chi connectivity index (χ2n) is 2.82. The first-order chi connectivity index (χ1) is 6.27. The van der Waals surface area contributed by atoms with E-state index >= 15 is 0 Å². The average molecular weight is 260 g/mol. The number of halogens is 1. The molecule has 0 amide bonds. The van der Waals surface area contributed by atoms with Crippen LogP contribution >= 0.6 is 27.3 Å². The van der Waals surface area contributed by atoms with Gasteiger partial charge < -0.3 is 5.32 Å². The molecule has 0 atom stereocenters. The molecule has 1 nitrogen and oxygen atoms in total. The zero-order valence-corrected chi connectivity index (χ0v) is 10.3. The first kappa shape index (κ1) is 11.0. The van der Waals surface area contributed by atoms with Gasteiger partial charge in [-0.15, -0.1) is 11.3 Å². The van der Waals surface area contributed by atoms with Gasteiger partial charge in [-0.1, -0.05) is 12.5 Å². The molecular weight excluding hydrogens is 246 g/mol. The first-order valence-electron chi connectivity index (χ1n) is 4.35. The highest BCUT2D eigenvalue weighted by atomic mass is 79.9. The number of thiophene rings is 1. The summed E-state index contributed by atoms with van der Waals surface area (Å²) >= 11 is 5.29. The summed E-state index contributed by atoms with van der Waals surface area (Å²) in [4.78, 5) is 1.31. The molecular formula is C10H14BrNS. The van der Waals surface area contributed by atoms with E-state index in [2.05, 4.69) is 45.7 Å². The van der Waals surface area contributed by atoms with Crippen LogP contribution in [0.1, 0.15) is 18.2 Å². The van der Waals surface area contributed by atoms with Crippen LogP contribution in [0.15, 0.2) is 21.5 Å². The van der Waals surface area contributed by atoms with Gasteiger partial charge in [0.05, 0.1) is 0 Å². The van der Waals surface area contributed by atoms with Crippen LogP contribution in [0.4, 0.5) is 0 Å². The highest BCUT2D eigenvalue weighted by Gasteiger charge is 1.99. The lowest BCUT2D eigenvalue weighted by Crippen LogP contribution is -2.09. The smallest absolute Gasteiger partial charge is 0.0412 e. The van der Waals surface area contributed by atoms with E-state index in [-0.39, 0.29) is 0 Å². The van der Waals surface area contributed by atoms with Gasteiger partial charge in [0.25, 0.3) is 0 Å². The summed E-state index contributed by atoms with van der Waals surface area (Å²) in [6, 6.07) is 2.09. The molecule has 0 aromatic carbocycles. The lowest BCUT2D eigenvalue weighted by molar-refractivity contribution is 0.851. The van der Waals surface area contributed by atoms with Crippen LogP contribution < -0.4 is 5.32 Å². The average Bonchev–Trinajstić information content (AvgIpc) is 2.51. The molecule has 0 radical (unpaired) electrons. The summed E-state index contributed by atoms with van der Waals surface area (Å²) in [5, 5.41) is 5.27. The second-order valence-corrected chi connectivity index (χ2v) is 4.62. The Morgan fingerprint density at radius 2 is 2.46 bits per heavy atom. The topological polar surface area (TPSA) is 12.0 Å². The molecule has 0 unspecified atom stereocenters. The summed E-state index contributed by atoms with van der Waals surface area (Å²) in [7, 11) is 1.98. The Labute approximate surface area is 92.0 Å².